The van der Waals surface area contributed by atoms with E-state index in [2.05, 4.69) is 0 Å². The SMILES string of the molecule is COC(=O)CC[C@H]1O[C@H](COC(=O)c2ccccc2)[C@@H](OC(=O)c2ccccc2)[C@H](OC(=O)c2ccccc2)[C@H]1OC(=O)c1ccccc1. The molecule has 4 aromatic carbocycles. The number of hydrogen-bond donors (Lipinski definition) is 0. The third-order valence-electron chi connectivity index (χ3n) is 7.74. The second kappa shape index (κ2) is 16.8. The Labute approximate surface area is 282 Å². The number of benzene rings is 4. The molecule has 1 aliphatic heterocycles. The summed E-state index contributed by atoms with van der Waals surface area (Å²) in [6.45, 7) is -0.450. The van der Waals surface area contributed by atoms with Crippen molar-refractivity contribution in [2.75, 3.05) is 13.7 Å². The Kier molecular flexibility index (Phi) is 11.9. The summed E-state index contributed by atoms with van der Waals surface area (Å²) in [7, 11) is 1.23. The third-order valence-corrected chi connectivity index (χ3v) is 7.74. The Hall–Kier alpha value is -5.81. The Bertz CT molecular complexity index is 1710. The minimum Gasteiger partial charge on any atom is -0.469 e. The summed E-state index contributed by atoms with van der Waals surface area (Å²) in [4.78, 5) is 65.8. The summed E-state index contributed by atoms with van der Waals surface area (Å²) in [6, 6.07) is 32.5. The van der Waals surface area contributed by atoms with E-state index < -0.39 is 67.0 Å². The lowest BCUT2D eigenvalue weighted by Gasteiger charge is -2.44. The number of carbonyl (C=O) groups is 5. The largest absolute Gasteiger partial charge is 0.469 e. The van der Waals surface area contributed by atoms with E-state index in [9.17, 15) is 24.0 Å². The molecule has 5 atom stereocenters. The summed E-state index contributed by atoms with van der Waals surface area (Å²) in [5.41, 5.74) is 0.814. The van der Waals surface area contributed by atoms with Crippen molar-refractivity contribution < 1.29 is 52.4 Å². The molecule has 11 heteroatoms. The second-order valence-corrected chi connectivity index (χ2v) is 11.0. The first-order valence-corrected chi connectivity index (χ1v) is 15.6. The summed E-state index contributed by atoms with van der Waals surface area (Å²) in [5.74, 6) is -3.63. The van der Waals surface area contributed by atoms with Crippen LogP contribution < -0.4 is 0 Å². The number of methoxy groups -OCH3 is 1. The number of ether oxygens (including phenoxy) is 6. The zero-order chi connectivity index (χ0) is 34.6. The minimum absolute atomic E-state index is 0.0543. The van der Waals surface area contributed by atoms with Crippen LogP contribution >= 0.6 is 0 Å². The summed E-state index contributed by atoms with van der Waals surface area (Å²) in [6.07, 6.45) is -6.88. The van der Waals surface area contributed by atoms with Crippen LogP contribution in [0.3, 0.4) is 0 Å². The van der Waals surface area contributed by atoms with Gasteiger partial charge in [-0.15, -0.1) is 0 Å². The van der Waals surface area contributed by atoms with Crippen LogP contribution in [-0.2, 0) is 33.2 Å². The predicted octanol–water partition coefficient (Wildman–Crippen LogP) is 5.24. The average molecular weight is 667 g/mol. The topological polar surface area (TPSA) is 141 Å². The summed E-state index contributed by atoms with van der Waals surface area (Å²) >= 11 is 0. The fraction of sp³-hybridized carbons (Fsp3) is 0.237. The van der Waals surface area contributed by atoms with E-state index in [0.29, 0.717) is 0 Å². The Balaban J connectivity index is 1.55. The van der Waals surface area contributed by atoms with Gasteiger partial charge in [0.25, 0.3) is 0 Å². The number of carbonyl (C=O) groups excluding carboxylic acids is 5. The highest BCUT2D eigenvalue weighted by Crippen LogP contribution is 2.33. The maximum absolute atomic E-state index is 13.6. The second-order valence-electron chi connectivity index (χ2n) is 11.0. The number of hydrogen-bond acceptors (Lipinski definition) is 11. The van der Waals surface area contributed by atoms with Crippen molar-refractivity contribution in [3.05, 3.63) is 144 Å². The molecule has 1 aliphatic rings. The van der Waals surface area contributed by atoms with E-state index in [-0.39, 0.29) is 35.1 Å². The van der Waals surface area contributed by atoms with Crippen molar-refractivity contribution in [3.8, 4) is 0 Å². The molecule has 0 amide bonds. The summed E-state index contributed by atoms with van der Waals surface area (Å²) < 4.78 is 34.8. The van der Waals surface area contributed by atoms with E-state index in [1.54, 1.807) is 97.1 Å². The standard InChI is InChI=1S/C38H34O11/c1-44-31(39)23-22-29-32(47-36(41)26-16-8-3-9-17-26)34(49-38(43)28-20-12-5-13-21-28)33(48-37(42)27-18-10-4-11-19-27)30(46-29)24-45-35(40)25-14-6-2-7-15-25/h2-21,29-30,32-34H,22-24H2,1H3/t29-,30-,32+,33-,34-/m1/s1. The first kappa shape index (κ1) is 34.5. The molecule has 0 N–H and O–H groups in total. The monoisotopic (exact) mass is 666 g/mol. The first-order chi connectivity index (χ1) is 23.8. The lowest BCUT2D eigenvalue weighted by molar-refractivity contribution is -0.230. The zero-order valence-corrected chi connectivity index (χ0v) is 26.5. The van der Waals surface area contributed by atoms with Crippen molar-refractivity contribution in [1.29, 1.82) is 0 Å². The van der Waals surface area contributed by atoms with Crippen molar-refractivity contribution >= 4 is 29.8 Å². The van der Waals surface area contributed by atoms with E-state index in [1.165, 1.54) is 31.4 Å². The van der Waals surface area contributed by atoms with Crippen molar-refractivity contribution in [2.45, 2.75) is 43.4 Å². The molecular weight excluding hydrogens is 632 g/mol. The quantitative estimate of drug-likeness (QED) is 0.145. The van der Waals surface area contributed by atoms with Crippen LogP contribution in [0.15, 0.2) is 121 Å². The van der Waals surface area contributed by atoms with Gasteiger partial charge in [-0.3, -0.25) is 4.79 Å². The Morgan fingerprint density at radius 1 is 0.510 bits per heavy atom. The number of esters is 5. The lowest BCUT2D eigenvalue weighted by atomic mass is 9.91. The van der Waals surface area contributed by atoms with Crippen LogP contribution in [-0.4, -0.2) is 74.1 Å². The normalized spacial score (nSPS) is 19.9. The van der Waals surface area contributed by atoms with Gasteiger partial charge in [0.2, 0.25) is 0 Å². The fourth-order valence-electron chi connectivity index (χ4n) is 5.25. The molecule has 252 valence electrons. The van der Waals surface area contributed by atoms with Crippen molar-refractivity contribution in [2.24, 2.45) is 0 Å². The predicted molar refractivity (Wildman–Crippen MR) is 174 cm³/mol. The fourth-order valence-corrected chi connectivity index (χ4v) is 5.25. The van der Waals surface area contributed by atoms with Crippen LogP contribution in [0.1, 0.15) is 54.3 Å². The lowest BCUT2D eigenvalue weighted by Crippen LogP contribution is -2.62. The zero-order valence-electron chi connectivity index (χ0n) is 26.5. The van der Waals surface area contributed by atoms with E-state index in [4.69, 9.17) is 28.4 Å². The molecule has 1 saturated heterocycles. The Morgan fingerprint density at radius 2 is 0.878 bits per heavy atom. The molecule has 5 rings (SSSR count). The third kappa shape index (κ3) is 9.17. The van der Waals surface area contributed by atoms with Crippen LogP contribution in [0.25, 0.3) is 0 Å². The maximum atomic E-state index is 13.6. The molecular formula is C38H34O11. The number of rotatable bonds is 12. The molecule has 0 radical (unpaired) electrons. The smallest absolute Gasteiger partial charge is 0.338 e. The van der Waals surface area contributed by atoms with Gasteiger partial charge in [-0.1, -0.05) is 72.8 Å². The Morgan fingerprint density at radius 3 is 1.29 bits per heavy atom. The van der Waals surface area contributed by atoms with Gasteiger partial charge >= 0.3 is 29.8 Å². The van der Waals surface area contributed by atoms with Crippen molar-refractivity contribution in [1.82, 2.24) is 0 Å². The highest BCUT2D eigenvalue weighted by molar-refractivity contribution is 5.91. The molecule has 4 aromatic rings. The summed E-state index contributed by atoms with van der Waals surface area (Å²) in [5, 5.41) is 0. The first-order valence-electron chi connectivity index (χ1n) is 15.6. The van der Waals surface area contributed by atoms with Crippen LogP contribution in [0.5, 0.6) is 0 Å². The molecule has 49 heavy (non-hydrogen) atoms. The minimum atomic E-state index is -1.48. The van der Waals surface area contributed by atoms with Gasteiger partial charge in [0.15, 0.2) is 18.3 Å². The van der Waals surface area contributed by atoms with Crippen LogP contribution in [0.2, 0.25) is 0 Å². The molecule has 0 aliphatic carbocycles. The van der Waals surface area contributed by atoms with Gasteiger partial charge in [0, 0.05) is 6.42 Å². The van der Waals surface area contributed by atoms with Gasteiger partial charge in [0.05, 0.1) is 35.5 Å². The molecule has 0 saturated carbocycles. The molecule has 0 unspecified atom stereocenters. The highest BCUT2D eigenvalue weighted by atomic mass is 16.7. The van der Waals surface area contributed by atoms with E-state index in [1.807, 2.05) is 0 Å². The van der Waals surface area contributed by atoms with Gasteiger partial charge in [-0.05, 0) is 55.0 Å². The van der Waals surface area contributed by atoms with Crippen LogP contribution in [0.4, 0.5) is 0 Å². The van der Waals surface area contributed by atoms with Gasteiger partial charge in [-0.25, -0.2) is 19.2 Å². The highest BCUT2D eigenvalue weighted by Gasteiger charge is 2.53. The van der Waals surface area contributed by atoms with Crippen molar-refractivity contribution in [3.63, 3.8) is 0 Å². The van der Waals surface area contributed by atoms with Gasteiger partial charge in [-0.2, -0.15) is 0 Å². The molecule has 0 aromatic heterocycles. The average Bonchev–Trinajstić information content (AvgIpc) is 3.15. The molecule has 0 bridgehead atoms. The van der Waals surface area contributed by atoms with Gasteiger partial charge < -0.3 is 28.4 Å². The molecule has 1 heterocycles. The molecule has 11 nitrogen and oxygen atoms in total. The molecule has 0 spiro atoms. The maximum Gasteiger partial charge on any atom is 0.338 e. The van der Waals surface area contributed by atoms with Gasteiger partial charge in [0.1, 0.15) is 12.7 Å². The molecule has 1 fully saturated rings. The van der Waals surface area contributed by atoms with E-state index in [0.717, 1.165) is 0 Å². The van der Waals surface area contributed by atoms with E-state index >= 15 is 0 Å². The van der Waals surface area contributed by atoms with Crippen LogP contribution in [0, 0.1) is 0 Å².